The van der Waals surface area contributed by atoms with Crippen LogP contribution < -0.4 is 10.7 Å². The Kier molecular flexibility index (Phi) is 4.13. The Morgan fingerprint density at radius 3 is 2.36 bits per heavy atom. The maximum absolute atomic E-state index is 11.6. The first kappa shape index (κ1) is 13.0. The Bertz CT molecular complexity index is 229. The summed E-state index contributed by atoms with van der Waals surface area (Å²) in [5.74, 6) is -0.278. The molecule has 2 N–H and O–H groups in total. The van der Waals surface area contributed by atoms with Crippen molar-refractivity contribution in [3.8, 4) is 0 Å². The molecule has 2 radical (unpaired) electrons. The number of nitrogens with one attached hydrogen (secondary N) is 2. The van der Waals surface area contributed by atoms with E-state index in [1.807, 2.05) is 0 Å². The summed E-state index contributed by atoms with van der Waals surface area (Å²) in [5.41, 5.74) is 1.76. The second kappa shape index (κ2) is 4.46. The SMILES string of the molecule is [B]C[N+](C)(C)NC(=O)C(C)(C)NC=O. The van der Waals surface area contributed by atoms with Gasteiger partial charge in [0.15, 0.2) is 7.85 Å². The molecule has 0 bridgehead atoms. The monoisotopic (exact) mass is 198 g/mol. The van der Waals surface area contributed by atoms with Gasteiger partial charge in [-0.3, -0.25) is 9.59 Å². The van der Waals surface area contributed by atoms with Crippen molar-refractivity contribution in [2.24, 2.45) is 0 Å². The van der Waals surface area contributed by atoms with Crippen LogP contribution in [-0.4, -0.2) is 50.8 Å². The van der Waals surface area contributed by atoms with E-state index in [2.05, 4.69) is 10.7 Å². The van der Waals surface area contributed by atoms with Crippen molar-refractivity contribution in [3.63, 3.8) is 0 Å². The molecule has 0 unspecified atom stereocenters. The fraction of sp³-hybridized carbons (Fsp3) is 0.750. The summed E-state index contributed by atoms with van der Waals surface area (Å²) in [6.07, 6.45) is 0.783. The summed E-state index contributed by atoms with van der Waals surface area (Å²) < 4.78 is 0.169. The van der Waals surface area contributed by atoms with Gasteiger partial charge in [0.2, 0.25) is 6.41 Å². The number of hydrogen-bond acceptors (Lipinski definition) is 2. The number of amides is 2. The second-order valence-electron chi connectivity index (χ2n) is 4.20. The number of carbonyl (C=O) groups excluding carboxylic acids is 2. The lowest BCUT2D eigenvalue weighted by molar-refractivity contribution is -0.914. The zero-order valence-corrected chi connectivity index (χ0v) is 9.13. The van der Waals surface area contributed by atoms with Crippen molar-refractivity contribution in [3.05, 3.63) is 0 Å². The molecule has 0 aromatic carbocycles. The van der Waals surface area contributed by atoms with Crippen molar-refractivity contribution < 1.29 is 14.2 Å². The predicted octanol–water partition coefficient (Wildman–Crippen LogP) is -1.26. The van der Waals surface area contributed by atoms with Crippen LogP contribution in [0.2, 0.25) is 0 Å². The second-order valence-corrected chi connectivity index (χ2v) is 4.20. The average Bonchev–Trinajstić information content (AvgIpc) is 2.03. The topological polar surface area (TPSA) is 58.2 Å². The fourth-order valence-corrected chi connectivity index (χ4v) is 0.673. The third-order valence-corrected chi connectivity index (χ3v) is 1.85. The molecule has 78 valence electrons. The van der Waals surface area contributed by atoms with Crippen LogP contribution in [0.3, 0.4) is 0 Å². The minimum Gasteiger partial charge on any atom is -0.345 e. The lowest BCUT2D eigenvalue weighted by atomic mass is 10.1. The van der Waals surface area contributed by atoms with E-state index >= 15 is 0 Å². The van der Waals surface area contributed by atoms with E-state index < -0.39 is 5.54 Å². The van der Waals surface area contributed by atoms with Gasteiger partial charge in [-0.25, -0.2) is 10.0 Å². The molecule has 0 saturated carbocycles. The maximum Gasteiger partial charge on any atom is 0.290 e. The fourth-order valence-electron chi connectivity index (χ4n) is 0.673. The molecule has 0 aliphatic carbocycles. The molecule has 0 saturated heterocycles. The van der Waals surface area contributed by atoms with E-state index in [4.69, 9.17) is 7.85 Å². The van der Waals surface area contributed by atoms with Crippen molar-refractivity contribution >= 4 is 20.2 Å². The molecule has 0 spiro atoms. The van der Waals surface area contributed by atoms with Gasteiger partial charge in [-0.15, -0.1) is 0 Å². The first-order valence-electron chi connectivity index (χ1n) is 4.32. The van der Waals surface area contributed by atoms with Crippen molar-refractivity contribution in [1.29, 1.82) is 0 Å². The van der Waals surface area contributed by atoms with Gasteiger partial charge in [-0.2, -0.15) is 0 Å². The molecular formula is C8H17BN3O2+. The molecule has 0 heterocycles. The Morgan fingerprint density at radius 1 is 1.50 bits per heavy atom. The standard InChI is InChI=1S/C8H16BN3O2/c1-8(2,10-6-13)7(14)11-12(3,4)5-9/h6H,5H2,1-4H3,(H-,10,11,13,14)/p+1. The van der Waals surface area contributed by atoms with E-state index in [-0.39, 0.29) is 16.9 Å². The van der Waals surface area contributed by atoms with Crippen LogP contribution in [0.15, 0.2) is 0 Å². The van der Waals surface area contributed by atoms with Gasteiger partial charge >= 0.3 is 0 Å². The van der Waals surface area contributed by atoms with Gasteiger partial charge in [0.1, 0.15) is 5.54 Å². The molecule has 2 amide bonds. The quantitative estimate of drug-likeness (QED) is 0.251. The normalized spacial score (nSPS) is 12.0. The summed E-state index contributed by atoms with van der Waals surface area (Å²) in [6.45, 7) is 3.24. The minimum absolute atomic E-state index is 0.169. The Morgan fingerprint density at radius 2 is 2.00 bits per heavy atom. The first-order valence-corrected chi connectivity index (χ1v) is 4.32. The highest BCUT2D eigenvalue weighted by molar-refractivity contribution is 6.08. The van der Waals surface area contributed by atoms with Crippen LogP contribution in [-0.2, 0) is 9.59 Å². The summed E-state index contributed by atoms with van der Waals surface area (Å²) in [6, 6.07) is 0. The molecule has 0 aromatic heterocycles. The molecule has 0 rings (SSSR count). The van der Waals surface area contributed by atoms with Crippen LogP contribution in [0.5, 0.6) is 0 Å². The lowest BCUT2D eigenvalue weighted by Crippen LogP contribution is -2.62. The van der Waals surface area contributed by atoms with E-state index in [9.17, 15) is 9.59 Å². The van der Waals surface area contributed by atoms with Crippen LogP contribution in [0.1, 0.15) is 13.8 Å². The summed E-state index contributed by atoms with van der Waals surface area (Å²) in [7, 11) is 8.96. The molecule has 14 heavy (non-hydrogen) atoms. The van der Waals surface area contributed by atoms with Crippen molar-refractivity contribution in [1.82, 2.24) is 10.7 Å². The number of rotatable bonds is 5. The zero-order chi connectivity index (χ0) is 11.4. The van der Waals surface area contributed by atoms with Gasteiger partial charge in [0, 0.05) is 0 Å². The highest BCUT2D eigenvalue weighted by Gasteiger charge is 2.31. The molecule has 0 aliphatic heterocycles. The van der Waals surface area contributed by atoms with Crippen molar-refractivity contribution in [2.75, 3.05) is 20.5 Å². The molecule has 0 aliphatic rings. The number of quaternary nitrogens is 1. The average molecular weight is 198 g/mol. The number of carbonyl (C=O) groups is 2. The molecule has 5 nitrogen and oxygen atoms in total. The summed E-state index contributed by atoms with van der Waals surface area (Å²) in [5, 5.41) is 2.42. The third kappa shape index (κ3) is 3.78. The van der Waals surface area contributed by atoms with Crippen LogP contribution in [0.4, 0.5) is 0 Å². The molecule has 0 aromatic rings. The molecule has 6 heteroatoms. The van der Waals surface area contributed by atoms with Crippen LogP contribution in [0, 0.1) is 0 Å². The maximum atomic E-state index is 11.6. The van der Waals surface area contributed by atoms with Crippen molar-refractivity contribution in [2.45, 2.75) is 19.4 Å². The van der Waals surface area contributed by atoms with Gasteiger partial charge in [-0.1, -0.05) is 0 Å². The van der Waals surface area contributed by atoms with E-state index in [0.29, 0.717) is 6.41 Å². The first-order chi connectivity index (χ1) is 6.25. The predicted molar refractivity (Wildman–Crippen MR) is 54.2 cm³/mol. The summed E-state index contributed by atoms with van der Waals surface area (Å²) >= 11 is 0. The van der Waals surface area contributed by atoms with Crippen LogP contribution in [0.25, 0.3) is 0 Å². The molecular weight excluding hydrogens is 181 g/mol. The van der Waals surface area contributed by atoms with Gasteiger partial charge in [-0.05, 0) is 13.8 Å². The molecule has 0 atom stereocenters. The highest BCUT2D eigenvalue weighted by Crippen LogP contribution is 2.02. The van der Waals surface area contributed by atoms with Gasteiger partial charge in [0.25, 0.3) is 5.91 Å². The Hall–Kier alpha value is -1.04. The smallest absolute Gasteiger partial charge is 0.290 e. The lowest BCUT2D eigenvalue weighted by Gasteiger charge is -2.32. The largest absolute Gasteiger partial charge is 0.345 e. The van der Waals surface area contributed by atoms with Crippen LogP contribution >= 0.6 is 0 Å². The van der Waals surface area contributed by atoms with E-state index in [1.165, 1.54) is 0 Å². The zero-order valence-electron chi connectivity index (χ0n) is 9.13. The van der Waals surface area contributed by atoms with E-state index in [0.717, 1.165) is 0 Å². The number of nitrogens with zero attached hydrogens (tertiary/aromatic N) is 1. The highest BCUT2D eigenvalue weighted by atomic mass is 16.2. The Balaban J connectivity index is 4.41. The Labute approximate surface area is 85.8 Å². The minimum atomic E-state index is -0.924. The summed E-state index contributed by atoms with van der Waals surface area (Å²) in [4.78, 5) is 21.9. The van der Waals surface area contributed by atoms with E-state index in [1.54, 1.807) is 27.9 Å². The van der Waals surface area contributed by atoms with Gasteiger partial charge < -0.3 is 5.32 Å². The number of hydrogen-bond donors (Lipinski definition) is 2. The molecule has 0 fully saturated rings. The third-order valence-electron chi connectivity index (χ3n) is 1.85. The van der Waals surface area contributed by atoms with Gasteiger partial charge in [0.05, 0.1) is 20.5 Å².